The van der Waals surface area contributed by atoms with Crippen molar-refractivity contribution in [3.63, 3.8) is 0 Å². The number of aromatic nitrogens is 4. The number of piperazine rings is 1. The van der Waals surface area contributed by atoms with Crippen molar-refractivity contribution in [2.75, 3.05) is 32.8 Å². The Labute approximate surface area is 214 Å². The van der Waals surface area contributed by atoms with Crippen molar-refractivity contribution in [2.45, 2.75) is 37.8 Å². The molecule has 10 heteroatoms. The first-order chi connectivity index (χ1) is 17.5. The first-order valence-electron chi connectivity index (χ1n) is 12.2. The number of amides is 1. The molecule has 3 aromatic rings. The monoisotopic (exact) mass is 503 g/mol. The summed E-state index contributed by atoms with van der Waals surface area (Å²) in [4.78, 5) is 21.6. The molecule has 2 aliphatic heterocycles. The number of benzene rings is 2. The highest BCUT2D eigenvalue weighted by Gasteiger charge is 2.39. The van der Waals surface area contributed by atoms with Gasteiger partial charge in [-0.25, -0.2) is 9.53 Å². The van der Waals surface area contributed by atoms with Gasteiger partial charge in [-0.1, -0.05) is 29.8 Å². The average Bonchev–Trinajstić information content (AvgIpc) is 3.58. The number of nitrogens with zero attached hydrogens (tertiary/aromatic N) is 7. The van der Waals surface area contributed by atoms with Crippen LogP contribution in [0.25, 0.3) is 10.5 Å². The molecule has 9 nitrogen and oxygen atoms in total. The van der Waals surface area contributed by atoms with Crippen LogP contribution in [0.2, 0.25) is 5.02 Å². The van der Waals surface area contributed by atoms with E-state index in [0.29, 0.717) is 30.4 Å². The smallest absolute Gasteiger partial charge is 0.230 e. The highest BCUT2D eigenvalue weighted by molar-refractivity contribution is 6.33. The van der Waals surface area contributed by atoms with Crippen molar-refractivity contribution in [2.24, 2.45) is 0 Å². The zero-order chi connectivity index (χ0) is 24.8. The van der Waals surface area contributed by atoms with E-state index < -0.39 is 0 Å². The highest BCUT2D eigenvalue weighted by atomic mass is 35.5. The van der Waals surface area contributed by atoms with Crippen LogP contribution in [-0.4, -0.2) is 74.7 Å². The van der Waals surface area contributed by atoms with Crippen LogP contribution in [0, 0.1) is 13.5 Å². The molecular formula is C26H26ClN7O2. The molecule has 0 saturated carbocycles. The Bertz CT molecular complexity index is 1350. The first-order valence-corrected chi connectivity index (χ1v) is 12.6. The summed E-state index contributed by atoms with van der Waals surface area (Å²) < 4.78 is 7.91. The molecule has 0 spiro atoms. The summed E-state index contributed by atoms with van der Waals surface area (Å²) in [5.41, 5.74) is 5.63. The largest absolute Gasteiger partial charge is 0.371 e. The third-order valence-electron chi connectivity index (χ3n) is 7.80. The molecule has 1 aliphatic carbocycles. The number of carbonyl (C=O) groups is 1. The van der Waals surface area contributed by atoms with E-state index in [1.165, 1.54) is 5.56 Å². The molecule has 1 aromatic heterocycles. The fraction of sp³-hybridized carbons (Fsp3) is 0.423. The van der Waals surface area contributed by atoms with E-state index in [2.05, 4.69) is 37.4 Å². The Hall–Kier alpha value is -3.32. The van der Waals surface area contributed by atoms with Crippen molar-refractivity contribution < 1.29 is 9.53 Å². The van der Waals surface area contributed by atoms with Crippen molar-refractivity contribution in [3.8, 4) is 5.69 Å². The third-order valence-corrected chi connectivity index (χ3v) is 8.11. The first kappa shape index (κ1) is 23.1. The van der Waals surface area contributed by atoms with Gasteiger partial charge >= 0.3 is 0 Å². The number of morpholine rings is 1. The van der Waals surface area contributed by atoms with Gasteiger partial charge in [0.1, 0.15) is 6.33 Å². The zero-order valence-electron chi connectivity index (χ0n) is 20.0. The van der Waals surface area contributed by atoms with Gasteiger partial charge in [0.05, 0.1) is 36.9 Å². The van der Waals surface area contributed by atoms with E-state index in [4.69, 9.17) is 22.9 Å². The molecule has 2 fully saturated rings. The van der Waals surface area contributed by atoms with Gasteiger partial charge in [0.15, 0.2) is 0 Å². The van der Waals surface area contributed by atoms with Crippen molar-refractivity contribution in [1.82, 2.24) is 30.0 Å². The molecule has 6 rings (SSSR count). The number of fused-ring (bicyclic) bond motifs is 2. The SMILES string of the molecule is [C-]#[N+]c1c(Cl)ccc([C@H]2CN3CCN(C(=O)C4CCc5cc(-n6cnnn6)ccc54)C[C@H]3CO2)c1C. The van der Waals surface area contributed by atoms with Crippen LogP contribution in [0.4, 0.5) is 5.69 Å². The summed E-state index contributed by atoms with van der Waals surface area (Å²) in [7, 11) is 0. The lowest BCUT2D eigenvalue weighted by Gasteiger charge is -2.46. The summed E-state index contributed by atoms with van der Waals surface area (Å²) in [6.45, 7) is 12.9. The molecule has 0 N–H and O–H groups in total. The van der Waals surface area contributed by atoms with Crippen LogP contribution in [0.5, 0.6) is 0 Å². The van der Waals surface area contributed by atoms with Crippen molar-refractivity contribution >= 4 is 23.2 Å². The molecule has 184 valence electrons. The Kier molecular flexibility index (Phi) is 5.96. The lowest BCUT2D eigenvalue weighted by Crippen LogP contribution is -2.60. The van der Waals surface area contributed by atoms with Crippen LogP contribution in [0.3, 0.4) is 0 Å². The van der Waals surface area contributed by atoms with E-state index in [0.717, 1.165) is 48.3 Å². The maximum absolute atomic E-state index is 13.6. The molecular weight excluding hydrogens is 478 g/mol. The van der Waals surface area contributed by atoms with Gasteiger partial charge in [-0.05, 0) is 64.6 Å². The number of ether oxygens (including phenoxy) is 1. The predicted molar refractivity (Wildman–Crippen MR) is 133 cm³/mol. The van der Waals surface area contributed by atoms with Crippen LogP contribution >= 0.6 is 11.6 Å². The van der Waals surface area contributed by atoms with Gasteiger partial charge in [0, 0.05) is 31.2 Å². The summed E-state index contributed by atoms with van der Waals surface area (Å²) in [6, 6.07) is 10.1. The van der Waals surface area contributed by atoms with Crippen LogP contribution in [0.1, 0.15) is 40.7 Å². The lowest BCUT2D eigenvalue weighted by molar-refractivity contribution is -0.141. The van der Waals surface area contributed by atoms with Gasteiger partial charge in [-0.15, -0.1) is 5.10 Å². The molecule has 3 aliphatic rings. The maximum atomic E-state index is 13.6. The number of aryl methyl sites for hydroxylation is 1. The fourth-order valence-corrected chi connectivity index (χ4v) is 6.09. The number of hydrogen-bond acceptors (Lipinski definition) is 6. The second kappa shape index (κ2) is 9.28. The van der Waals surface area contributed by atoms with Gasteiger partial charge in [0.2, 0.25) is 11.6 Å². The van der Waals surface area contributed by atoms with Crippen molar-refractivity contribution in [3.05, 3.63) is 75.4 Å². The third kappa shape index (κ3) is 3.95. The topological polar surface area (TPSA) is 80.7 Å². The summed E-state index contributed by atoms with van der Waals surface area (Å²) in [6.07, 6.45) is 3.18. The minimum atomic E-state index is -0.101. The highest BCUT2D eigenvalue weighted by Crippen LogP contribution is 2.38. The molecule has 3 heterocycles. The Morgan fingerprint density at radius 1 is 1.19 bits per heavy atom. The molecule has 36 heavy (non-hydrogen) atoms. The standard InChI is InChI=1S/C26H26ClN7O2/c1-16-20(7-8-23(27)25(16)28-2)24-13-32-9-10-33(12-19(32)14-36-24)26(35)22-5-3-17-11-18(4-6-21(17)22)34-15-29-30-31-34/h4,6-8,11,15,19,22,24H,3,5,9-10,12-14H2,1H3/t19-,22?,24+/m0/s1. The summed E-state index contributed by atoms with van der Waals surface area (Å²) in [5.74, 6) is 0.108. The molecule has 2 aromatic carbocycles. The van der Waals surface area contributed by atoms with Crippen LogP contribution in [0.15, 0.2) is 36.7 Å². The normalized spacial score (nSPS) is 23.7. The van der Waals surface area contributed by atoms with Gasteiger partial charge in [-0.2, -0.15) is 0 Å². The lowest BCUT2D eigenvalue weighted by atomic mass is 9.97. The molecule has 0 radical (unpaired) electrons. The quantitative estimate of drug-likeness (QED) is 0.509. The minimum Gasteiger partial charge on any atom is -0.371 e. The number of halogens is 1. The number of hydrogen-bond donors (Lipinski definition) is 0. The van der Waals surface area contributed by atoms with E-state index in [1.54, 1.807) is 17.1 Å². The van der Waals surface area contributed by atoms with E-state index in [-0.39, 0.29) is 24.0 Å². The average molecular weight is 504 g/mol. The zero-order valence-corrected chi connectivity index (χ0v) is 20.7. The Morgan fingerprint density at radius 2 is 2.06 bits per heavy atom. The van der Waals surface area contributed by atoms with E-state index in [1.807, 2.05) is 24.0 Å². The summed E-state index contributed by atoms with van der Waals surface area (Å²) >= 11 is 6.20. The fourth-order valence-electron chi connectivity index (χ4n) is 5.84. The van der Waals surface area contributed by atoms with Gasteiger partial charge in [0.25, 0.3) is 0 Å². The molecule has 2 saturated heterocycles. The number of tetrazole rings is 1. The van der Waals surface area contributed by atoms with Crippen molar-refractivity contribution in [1.29, 1.82) is 0 Å². The molecule has 3 atom stereocenters. The summed E-state index contributed by atoms with van der Waals surface area (Å²) in [5, 5.41) is 11.9. The maximum Gasteiger partial charge on any atom is 0.230 e. The predicted octanol–water partition coefficient (Wildman–Crippen LogP) is 3.49. The Morgan fingerprint density at radius 3 is 2.86 bits per heavy atom. The van der Waals surface area contributed by atoms with E-state index >= 15 is 0 Å². The second-order valence-corrected chi connectivity index (χ2v) is 10.1. The molecule has 1 amide bonds. The van der Waals surface area contributed by atoms with Crippen LogP contribution < -0.4 is 0 Å². The number of rotatable bonds is 3. The van der Waals surface area contributed by atoms with E-state index in [9.17, 15) is 4.79 Å². The minimum absolute atomic E-state index is 0.0997. The van der Waals surface area contributed by atoms with Gasteiger partial charge < -0.3 is 9.64 Å². The molecule has 1 unspecified atom stereocenters. The Balaban J connectivity index is 1.12. The van der Waals surface area contributed by atoms with Crippen LogP contribution in [-0.2, 0) is 16.0 Å². The van der Waals surface area contributed by atoms with Gasteiger partial charge in [-0.3, -0.25) is 9.69 Å². The molecule has 0 bridgehead atoms. The number of carbonyl (C=O) groups excluding carboxylic acids is 1. The second-order valence-electron chi connectivity index (χ2n) is 9.71.